The molecule has 0 aromatic heterocycles. The van der Waals surface area contributed by atoms with E-state index in [1.165, 1.54) is 0 Å². The highest BCUT2D eigenvalue weighted by Gasteiger charge is 2.38. The molecule has 2 unspecified atom stereocenters. The van der Waals surface area contributed by atoms with E-state index in [-0.39, 0.29) is 6.10 Å². The van der Waals surface area contributed by atoms with E-state index in [0.29, 0.717) is 13.0 Å². The minimum absolute atomic E-state index is 0.204. The Morgan fingerprint density at radius 1 is 1.57 bits per heavy atom. The summed E-state index contributed by atoms with van der Waals surface area (Å²) in [4.78, 5) is 0. The van der Waals surface area contributed by atoms with Crippen molar-refractivity contribution in [3.8, 4) is 0 Å². The molecule has 0 spiro atoms. The van der Waals surface area contributed by atoms with Crippen molar-refractivity contribution in [1.29, 1.82) is 0 Å². The number of rotatable bonds is 2. The third-order valence-corrected chi connectivity index (χ3v) is 3.20. The van der Waals surface area contributed by atoms with Crippen LogP contribution in [0.15, 0.2) is 11.8 Å². The Balaban J connectivity index is 2.06. The first kappa shape index (κ1) is 9.99. The summed E-state index contributed by atoms with van der Waals surface area (Å²) in [6.45, 7) is 3.47. The molecular formula is C11H18O3. The predicted molar refractivity (Wildman–Crippen MR) is 52.9 cm³/mol. The van der Waals surface area contributed by atoms with Gasteiger partial charge in [-0.2, -0.15) is 0 Å². The van der Waals surface area contributed by atoms with Gasteiger partial charge in [-0.1, -0.05) is 6.92 Å². The van der Waals surface area contributed by atoms with E-state index in [0.717, 1.165) is 31.4 Å². The van der Waals surface area contributed by atoms with Gasteiger partial charge in [-0.3, -0.25) is 0 Å². The zero-order valence-corrected chi connectivity index (χ0v) is 8.66. The SMILES string of the molecule is CCC1CC(O)(C2=COCC2)CCO1. The van der Waals surface area contributed by atoms with Gasteiger partial charge in [0.1, 0.15) is 0 Å². The third kappa shape index (κ3) is 1.79. The average molecular weight is 198 g/mol. The van der Waals surface area contributed by atoms with Gasteiger partial charge in [-0.25, -0.2) is 0 Å². The molecule has 0 aliphatic carbocycles. The third-order valence-electron chi connectivity index (χ3n) is 3.20. The fourth-order valence-electron chi connectivity index (χ4n) is 2.22. The van der Waals surface area contributed by atoms with Crippen LogP contribution in [0.1, 0.15) is 32.6 Å². The molecule has 14 heavy (non-hydrogen) atoms. The molecule has 0 aromatic rings. The van der Waals surface area contributed by atoms with Gasteiger partial charge in [0.25, 0.3) is 0 Å². The molecule has 2 atom stereocenters. The summed E-state index contributed by atoms with van der Waals surface area (Å²) in [7, 11) is 0. The monoisotopic (exact) mass is 198 g/mol. The second-order valence-corrected chi connectivity index (χ2v) is 4.15. The van der Waals surface area contributed by atoms with E-state index in [4.69, 9.17) is 9.47 Å². The zero-order valence-electron chi connectivity index (χ0n) is 8.66. The highest BCUT2D eigenvalue weighted by molar-refractivity contribution is 5.18. The summed E-state index contributed by atoms with van der Waals surface area (Å²) in [5, 5.41) is 10.4. The number of hydrogen-bond acceptors (Lipinski definition) is 3. The van der Waals surface area contributed by atoms with Crippen molar-refractivity contribution >= 4 is 0 Å². The maximum Gasteiger partial charge on any atom is 0.0936 e. The second-order valence-electron chi connectivity index (χ2n) is 4.15. The van der Waals surface area contributed by atoms with E-state index in [9.17, 15) is 5.11 Å². The Morgan fingerprint density at radius 3 is 3.07 bits per heavy atom. The normalized spacial score (nSPS) is 37.9. The zero-order chi connectivity index (χ0) is 10.0. The molecule has 1 saturated heterocycles. The molecule has 3 nitrogen and oxygen atoms in total. The summed E-state index contributed by atoms with van der Waals surface area (Å²) in [5.74, 6) is 0. The van der Waals surface area contributed by atoms with Crippen LogP contribution in [0.5, 0.6) is 0 Å². The highest BCUT2D eigenvalue weighted by atomic mass is 16.5. The molecule has 2 aliphatic rings. The lowest BCUT2D eigenvalue weighted by Crippen LogP contribution is -2.41. The predicted octanol–water partition coefficient (Wildman–Crippen LogP) is 1.61. The number of aliphatic hydroxyl groups is 1. The van der Waals surface area contributed by atoms with Crippen molar-refractivity contribution in [2.45, 2.75) is 44.3 Å². The van der Waals surface area contributed by atoms with Crippen LogP contribution >= 0.6 is 0 Å². The van der Waals surface area contributed by atoms with Gasteiger partial charge in [0, 0.05) is 19.3 Å². The standard InChI is InChI=1S/C11H18O3/c1-2-10-7-11(12,4-6-14-10)9-3-5-13-8-9/h8,10,12H,2-7H2,1H3. The van der Waals surface area contributed by atoms with Crippen LogP contribution in [-0.2, 0) is 9.47 Å². The summed E-state index contributed by atoms with van der Waals surface area (Å²) < 4.78 is 10.7. The van der Waals surface area contributed by atoms with Crippen molar-refractivity contribution in [2.75, 3.05) is 13.2 Å². The number of hydrogen-bond donors (Lipinski definition) is 1. The van der Waals surface area contributed by atoms with E-state index < -0.39 is 5.60 Å². The fraction of sp³-hybridized carbons (Fsp3) is 0.818. The molecular weight excluding hydrogens is 180 g/mol. The lowest BCUT2D eigenvalue weighted by atomic mass is 9.82. The summed E-state index contributed by atoms with van der Waals surface area (Å²) in [6, 6.07) is 0. The van der Waals surface area contributed by atoms with Gasteiger partial charge >= 0.3 is 0 Å². The average Bonchev–Trinajstić information content (AvgIpc) is 2.71. The Labute approximate surface area is 84.7 Å². The second kappa shape index (κ2) is 3.91. The molecule has 80 valence electrons. The summed E-state index contributed by atoms with van der Waals surface area (Å²) >= 11 is 0. The maximum absolute atomic E-state index is 10.4. The van der Waals surface area contributed by atoms with Crippen LogP contribution < -0.4 is 0 Å². The fourth-order valence-corrected chi connectivity index (χ4v) is 2.22. The molecule has 0 amide bonds. The molecule has 3 heteroatoms. The van der Waals surface area contributed by atoms with Gasteiger partial charge in [-0.15, -0.1) is 0 Å². The van der Waals surface area contributed by atoms with E-state index >= 15 is 0 Å². The Kier molecular flexibility index (Phi) is 2.79. The van der Waals surface area contributed by atoms with Gasteiger partial charge in [0.15, 0.2) is 0 Å². The molecule has 1 fully saturated rings. The largest absolute Gasteiger partial charge is 0.501 e. The van der Waals surface area contributed by atoms with Gasteiger partial charge in [0.05, 0.1) is 31.2 Å². The highest BCUT2D eigenvalue weighted by Crippen LogP contribution is 2.35. The molecule has 0 saturated carbocycles. The van der Waals surface area contributed by atoms with Crippen molar-refractivity contribution in [3.63, 3.8) is 0 Å². The lowest BCUT2D eigenvalue weighted by molar-refractivity contribution is -0.0856. The Hall–Kier alpha value is -0.540. The van der Waals surface area contributed by atoms with Gasteiger partial charge in [0.2, 0.25) is 0 Å². The first-order chi connectivity index (χ1) is 6.74. The van der Waals surface area contributed by atoms with Crippen molar-refractivity contribution in [1.82, 2.24) is 0 Å². The van der Waals surface area contributed by atoms with Gasteiger partial charge < -0.3 is 14.6 Å². The van der Waals surface area contributed by atoms with Crippen LogP contribution in [0.3, 0.4) is 0 Å². The molecule has 0 radical (unpaired) electrons. The van der Waals surface area contributed by atoms with E-state index in [2.05, 4.69) is 6.92 Å². The van der Waals surface area contributed by atoms with Crippen LogP contribution in [-0.4, -0.2) is 30.0 Å². The first-order valence-electron chi connectivity index (χ1n) is 5.40. The van der Waals surface area contributed by atoms with E-state index in [1.54, 1.807) is 6.26 Å². The minimum Gasteiger partial charge on any atom is -0.501 e. The van der Waals surface area contributed by atoms with Gasteiger partial charge in [-0.05, 0) is 12.0 Å². The van der Waals surface area contributed by atoms with Crippen LogP contribution in [0.4, 0.5) is 0 Å². The summed E-state index contributed by atoms with van der Waals surface area (Å²) in [6.07, 6.45) is 5.20. The smallest absolute Gasteiger partial charge is 0.0936 e. The van der Waals surface area contributed by atoms with Crippen molar-refractivity contribution < 1.29 is 14.6 Å². The van der Waals surface area contributed by atoms with Crippen molar-refractivity contribution in [3.05, 3.63) is 11.8 Å². The quantitative estimate of drug-likeness (QED) is 0.732. The maximum atomic E-state index is 10.4. The Bertz CT molecular complexity index is 237. The van der Waals surface area contributed by atoms with E-state index in [1.807, 2.05) is 0 Å². The number of ether oxygens (including phenoxy) is 2. The minimum atomic E-state index is -0.657. The van der Waals surface area contributed by atoms with Crippen LogP contribution in [0, 0.1) is 0 Å². The summed E-state index contributed by atoms with van der Waals surface area (Å²) in [5.41, 5.74) is 0.398. The van der Waals surface area contributed by atoms with Crippen LogP contribution in [0.2, 0.25) is 0 Å². The molecule has 2 rings (SSSR count). The molecule has 0 aromatic carbocycles. The molecule has 1 N–H and O–H groups in total. The lowest BCUT2D eigenvalue weighted by Gasteiger charge is -2.37. The molecule has 0 bridgehead atoms. The van der Waals surface area contributed by atoms with Crippen LogP contribution in [0.25, 0.3) is 0 Å². The molecule has 2 aliphatic heterocycles. The molecule has 2 heterocycles. The topological polar surface area (TPSA) is 38.7 Å². The van der Waals surface area contributed by atoms with Crippen molar-refractivity contribution in [2.24, 2.45) is 0 Å². The Morgan fingerprint density at radius 2 is 2.43 bits per heavy atom. The first-order valence-corrected chi connectivity index (χ1v) is 5.40.